The maximum absolute atomic E-state index is 12.5. The first-order chi connectivity index (χ1) is 12.4. The summed E-state index contributed by atoms with van der Waals surface area (Å²) in [6, 6.07) is 11.4. The van der Waals surface area contributed by atoms with E-state index in [-0.39, 0.29) is 11.4 Å². The molecule has 130 valence electrons. The van der Waals surface area contributed by atoms with Gasteiger partial charge in [-0.15, -0.1) is 5.10 Å². The van der Waals surface area contributed by atoms with Gasteiger partial charge in [-0.05, 0) is 24.3 Å². The van der Waals surface area contributed by atoms with E-state index in [0.29, 0.717) is 16.6 Å². The van der Waals surface area contributed by atoms with E-state index in [9.17, 15) is 14.9 Å². The Morgan fingerprint density at radius 1 is 1.15 bits per heavy atom. The van der Waals surface area contributed by atoms with Gasteiger partial charge in [-0.2, -0.15) is 0 Å². The molecule has 2 aromatic carbocycles. The molecule has 0 aliphatic carbocycles. The maximum atomic E-state index is 12.5. The zero-order valence-electron chi connectivity index (χ0n) is 13.9. The van der Waals surface area contributed by atoms with Crippen LogP contribution in [0.4, 0.5) is 11.4 Å². The van der Waals surface area contributed by atoms with E-state index in [4.69, 9.17) is 4.42 Å². The molecule has 4 rings (SSSR count). The van der Waals surface area contributed by atoms with E-state index in [0.717, 1.165) is 11.1 Å². The molecular formula is C17H13N5O4. The Morgan fingerprint density at radius 2 is 1.96 bits per heavy atom. The topological polar surface area (TPSA) is 107 Å². The average molecular weight is 351 g/mol. The average Bonchev–Trinajstić information content (AvgIpc) is 3.03. The van der Waals surface area contributed by atoms with Crippen LogP contribution in [0.25, 0.3) is 27.7 Å². The molecule has 9 nitrogen and oxygen atoms in total. The molecule has 0 atom stereocenters. The van der Waals surface area contributed by atoms with Gasteiger partial charge in [0.1, 0.15) is 11.1 Å². The molecule has 0 N–H and O–H groups in total. The molecule has 9 heteroatoms. The molecule has 0 radical (unpaired) electrons. The Kier molecular flexibility index (Phi) is 3.43. The van der Waals surface area contributed by atoms with E-state index >= 15 is 0 Å². The van der Waals surface area contributed by atoms with Crippen LogP contribution in [0.5, 0.6) is 0 Å². The molecule has 0 fully saturated rings. The molecule has 0 bridgehead atoms. The number of anilines is 1. The summed E-state index contributed by atoms with van der Waals surface area (Å²) < 4.78 is 6.76. The lowest BCUT2D eigenvalue weighted by Crippen LogP contribution is -2.12. The molecule has 0 unspecified atom stereocenters. The van der Waals surface area contributed by atoms with Gasteiger partial charge in [-0.25, -0.2) is 9.48 Å². The zero-order valence-corrected chi connectivity index (χ0v) is 13.9. The second kappa shape index (κ2) is 5.66. The molecule has 0 aliphatic heterocycles. The number of nitro benzene ring substituents is 1. The second-order valence-corrected chi connectivity index (χ2v) is 5.97. The molecule has 0 spiro atoms. The number of aromatic nitrogens is 3. The number of rotatable bonds is 3. The number of non-ortho nitro benzene ring substituents is 1. The minimum Gasteiger partial charge on any atom is -0.421 e. The summed E-state index contributed by atoms with van der Waals surface area (Å²) in [6.07, 6.45) is 0. The molecule has 0 saturated carbocycles. The van der Waals surface area contributed by atoms with Crippen molar-refractivity contribution in [2.75, 3.05) is 19.0 Å². The molecule has 0 aliphatic rings. The molecule has 4 aromatic rings. The highest BCUT2D eigenvalue weighted by molar-refractivity contribution is 5.83. The third-order valence-electron chi connectivity index (χ3n) is 4.09. The largest absolute Gasteiger partial charge is 0.421 e. The minimum absolute atomic E-state index is 0.0914. The lowest BCUT2D eigenvalue weighted by Gasteiger charge is -2.12. The van der Waals surface area contributed by atoms with E-state index in [1.165, 1.54) is 22.9 Å². The predicted octanol–water partition coefficient (Wildman–Crippen LogP) is 2.50. The summed E-state index contributed by atoms with van der Waals surface area (Å²) in [5.74, 6) is 0. The fourth-order valence-corrected chi connectivity index (χ4v) is 2.72. The number of hydrogen-bond donors (Lipinski definition) is 0. The highest BCUT2D eigenvalue weighted by Crippen LogP contribution is 2.24. The van der Waals surface area contributed by atoms with Gasteiger partial charge in [0.25, 0.3) is 5.69 Å². The fourth-order valence-electron chi connectivity index (χ4n) is 2.72. The Morgan fingerprint density at radius 3 is 2.69 bits per heavy atom. The normalized spacial score (nSPS) is 11.2. The third-order valence-corrected chi connectivity index (χ3v) is 4.09. The van der Waals surface area contributed by atoms with Gasteiger partial charge in [0.2, 0.25) is 0 Å². The lowest BCUT2D eigenvalue weighted by atomic mass is 10.2. The van der Waals surface area contributed by atoms with Crippen LogP contribution in [0, 0.1) is 10.1 Å². The van der Waals surface area contributed by atoms with Crippen molar-refractivity contribution in [3.8, 4) is 5.69 Å². The van der Waals surface area contributed by atoms with Gasteiger partial charge < -0.3 is 9.32 Å². The van der Waals surface area contributed by atoms with Crippen molar-refractivity contribution in [2.24, 2.45) is 0 Å². The van der Waals surface area contributed by atoms with Gasteiger partial charge in [-0.1, -0.05) is 5.21 Å². The molecule has 2 aromatic heterocycles. The lowest BCUT2D eigenvalue weighted by molar-refractivity contribution is -0.384. The van der Waals surface area contributed by atoms with Gasteiger partial charge in [-0.3, -0.25) is 10.1 Å². The van der Waals surface area contributed by atoms with Gasteiger partial charge in [0.05, 0.1) is 10.4 Å². The number of hydrogen-bond acceptors (Lipinski definition) is 7. The first-order valence-corrected chi connectivity index (χ1v) is 7.69. The Bertz CT molecular complexity index is 1230. The third kappa shape index (κ3) is 2.46. The van der Waals surface area contributed by atoms with Crippen molar-refractivity contribution in [2.45, 2.75) is 0 Å². The Labute approximate surface area is 146 Å². The van der Waals surface area contributed by atoms with Crippen LogP contribution in [-0.4, -0.2) is 34.0 Å². The summed E-state index contributed by atoms with van der Waals surface area (Å²) >= 11 is 0. The number of nitrogens with zero attached hydrogens (tertiary/aromatic N) is 5. The maximum Gasteiger partial charge on any atom is 0.362 e. The van der Waals surface area contributed by atoms with Crippen LogP contribution in [0.1, 0.15) is 0 Å². The van der Waals surface area contributed by atoms with Crippen molar-refractivity contribution >= 4 is 33.4 Å². The van der Waals surface area contributed by atoms with Gasteiger partial charge >= 0.3 is 5.63 Å². The second-order valence-electron chi connectivity index (χ2n) is 5.97. The van der Waals surface area contributed by atoms with Crippen LogP contribution in [0.2, 0.25) is 0 Å². The SMILES string of the molecule is CN(C)c1ccc2cc(-n3nnc4cc([N+](=O)[O-])ccc43)c(=O)oc2c1. The van der Waals surface area contributed by atoms with Gasteiger partial charge in [0.15, 0.2) is 5.69 Å². The first kappa shape index (κ1) is 15.8. The van der Waals surface area contributed by atoms with Crippen LogP contribution in [0.15, 0.2) is 51.7 Å². The summed E-state index contributed by atoms with van der Waals surface area (Å²) in [5, 5.41) is 19.5. The quantitative estimate of drug-likeness (QED) is 0.317. The van der Waals surface area contributed by atoms with Gasteiger partial charge in [0, 0.05) is 43.4 Å². The zero-order chi connectivity index (χ0) is 18.4. The van der Waals surface area contributed by atoms with Crippen molar-refractivity contribution in [3.63, 3.8) is 0 Å². The highest BCUT2D eigenvalue weighted by atomic mass is 16.6. The fraction of sp³-hybridized carbons (Fsp3) is 0.118. The molecule has 0 amide bonds. The minimum atomic E-state index is -0.571. The summed E-state index contributed by atoms with van der Waals surface area (Å²) in [4.78, 5) is 24.7. The first-order valence-electron chi connectivity index (χ1n) is 7.69. The van der Waals surface area contributed by atoms with E-state index < -0.39 is 10.5 Å². The summed E-state index contributed by atoms with van der Waals surface area (Å²) in [5.41, 5.74) is 1.70. The van der Waals surface area contributed by atoms with Crippen LogP contribution < -0.4 is 10.5 Å². The van der Waals surface area contributed by atoms with Crippen molar-refractivity contribution in [1.29, 1.82) is 0 Å². The molecule has 2 heterocycles. The van der Waals surface area contributed by atoms with E-state index in [1.54, 1.807) is 12.1 Å². The van der Waals surface area contributed by atoms with Crippen molar-refractivity contribution < 1.29 is 9.34 Å². The Hall–Kier alpha value is -3.75. The van der Waals surface area contributed by atoms with Crippen molar-refractivity contribution in [3.05, 3.63) is 63.0 Å². The molecular weight excluding hydrogens is 338 g/mol. The van der Waals surface area contributed by atoms with E-state index in [1.807, 2.05) is 31.1 Å². The molecule has 26 heavy (non-hydrogen) atoms. The summed E-state index contributed by atoms with van der Waals surface area (Å²) in [6.45, 7) is 0. The van der Waals surface area contributed by atoms with Crippen LogP contribution >= 0.6 is 0 Å². The van der Waals surface area contributed by atoms with Crippen molar-refractivity contribution in [1.82, 2.24) is 15.0 Å². The Balaban J connectivity index is 1.90. The van der Waals surface area contributed by atoms with Crippen LogP contribution in [-0.2, 0) is 0 Å². The summed E-state index contributed by atoms with van der Waals surface area (Å²) in [7, 11) is 3.79. The van der Waals surface area contributed by atoms with E-state index in [2.05, 4.69) is 10.3 Å². The smallest absolute Gasteiger partial charge is 0.362 e. The number of fused-ring (bicyclic) bond motifs is 2. The predicted molar refractivity (Wildman–Crippen MR) is 95.9 cm³/mol. The highest BCUT2D eigenvalue weighted by Gasteiger charge is 2.15. The number of benzene rings is 2. The standard InChI is InChI=1S/C17H13N5O4/c1-20(2)11-4-3-10-7-15(17(23)26-16(10)9-11)21-14-6-5-12(22(24)25)8-13(14)18-19-21/h3-9H,1-2H3. The number of nitro groups is 1. The monoisotopic (exact) mass is 351 g/mol. The molecule has 0 saturated heterocycles. The van der Waals surface area contributed by atoms with Crippen LogP contribution in [0.3, 0.4) is 0 Å².